The quantitative estimate of drug-likeness (QED) is 0.576. The van der Waals surface area contributed by atoms with Crippen LogP contribution >= 0.6 is 27.5 Å². The number of carbonyl (C=O) groups is 1. The summed E-state index contributed by atoms with van der Waals surface area (Å²) < 4.78 is 27.4. The fourth-order valence-corrected chi connectivity index (χ4v) is 2.22. The highest BCUT2D eigenvalue weighted by molar-refractivity contribution is 9.10. The Morgan fingerprint density at radius 1 is 1.21 bits per heavy atom. The number of hydrogen-bond donors (Lipinski definition) is 0. The van der Waals surface area contributed by atoms with Crippen molar-refractivity contribution >= 4 is 33.3 Å². The number of benzene rings is 2. The van der Waals surface area contributed by atoms with Gasteiger partial charge in [0.15, 0.2) is 5.78 Å². The number of hydrogen-bond acceptors (Lipinski definition) is 1. The summed E-state index contributed by atoms with van der Waals surface area (Å²) >= 11 is 8.74. The third-order valence-electron chi connectivity index (χ3n) is 2.62. The molecule has 0 spiro atoms. The van der Waals surface area contributed by atoms with Crippen molar-refractivity contribution in [1.82, 2.24) is 0 Å². The Kier molecular flexibility index (Phi) is 4.32. The van der Waals surface area contributed by atoms with Gasteiger partial charge in [0.25, 0.3) is 0 Å². The smallest absolute Gasteiger partial charge is 0.167 e. The summed E-state index contributed by atoms with van der Waals surface area (Å²) in [7, 11) is 0. The Labute approximate surface area is 122 Å². The Balaban J connectivity index is 2.32. The molecular weight excluding hydrogens is 338 g/mol. The van der Waals surface area contributed by atoms with Crippen molar-refractivity contribution in [1.29, 1.82) is 0 Å². The van der Waals surface area contributed by atoms with Crippen molar-refractivity contribution in [2.24, 2.45) is 0 Å². The zero-order chi connectivity index (χ0) is 14.0. The highest BCUT2D eigenvalue weighted by Crippen LogP contribution is 2.23. The lowest BCUT2D eigenvalue weighted by Gasteiger charge is -2.06. The van der Waals surface area contributed by atoms with Crippen LogP contribution in [0.15, 0.2) is 40.9 Å². The van der Waals surface area contributed by atoms with Crippen molar-refractivity contribution in [2.45, 2.75) is 6.42 Å². The van der Waals surface area contributed by atoms with Gasteiger partial charge in [0.2, 0.25) is 0 Å². The topological polar surface area (TPSA) is 17.1 Å². The van der Waals surface area contributed by atoms with Gasteiger partial charge in [0.1, 0.15) is 11.6 Å². The Morgan fingerprint density at radius 3 is 2.63 bits per heavy atom. The maximum atomic E-state index is 13.8. The Bertz CT molecular complexity index is 643. The molecule has 5 heteroatoms. The summed E-state index contributed by atoms with van der Waals surface area (Å²) in [4.78, 5) is 12.0. The van der Waals surface area contributed by atoms with Crippen LogP contribution in [0.25, 0.3) is 0 Å². The van der Waals surface area contributed by atoms with Crippen LogP contribution in [0.5, 0.6) is 0 Å². The van der Waals surface area contributed by atoms with E-state index >= 15 is 0 Å². The molecule has 1 nitrogen and oxygen atoms in total. The predicted molar refractivity (Wildman–Crippen MR) is 73.5 cm³/mol. The number of halogens is 4. The number of carbonyl (C=O) groups excluding carboxylic acids is 1. The van der Waals surface area contributed by atoms with E-state index in [1.807, 2.05) is 0 Å². The van der Waals surface area contributed by atoms with E-state index < -0.39 is 17.4 Å². The van der Waals surface area contributed by atoms with Gasteiger partial charge in [-0.05, 0) is 40.2 Å². The monoisotopic (exact) mass is 344 g/mol. The molecule has 0 saturated carbocycles. The third kappa shape index (κ3) is 3.19. The summed E-state index contributed by atoms with van der Waals surface area (Å²) in [6, 6.07) is 8.65. The normalized spacial score (nSPS) is 10.5. The van der Waals surface area contributed by atoms with E-state index in [0.29, 0.717) is 10.6 Å². The molecule has 0 amide bonds. The molecular formula is C14H8BrClF2O. The molecule has 0 aliphatic carbocycles. The molecule has 19 heavy (non-hydrogen) atoms. The molecule has 0 bridgehead atoms. The number of Topliss-reactive ketones (excluding diaryl/α,β-unsaturated/α-hetero) is 1. The van der Waals surface area contributed by atoms with Crippen LogP contribution in [0.4, 0.5) is 8.78 Å². The Hall–Kier alpha value is -1.26. The van der Waals surface area contributed by atoms with Gasteiger partial charge in [-0.2, -0.15) is 0 Å². The van der Waals surface area contributed by atoms with Gasteiger partial charge in [0.05, 0.1) is 4.47 Å². The predicted octanol–water partition coefficient (Wildman–Crippen LogP) is 4.81. The van der Waals surface area contributed by atoms with E-state index in [1.54, 1.807) is 18.2 Å². The molecule has 0 aromatic heterocycles. The summed E-state index contributed by atoms with van der Waals surface area (Å²) in [5.74, 6) is -1.88. The molecule has 0 heterocycles. The van der Waals surface area contributed by atoms with Crippen LogP contribution in [-0.2, 0) is 6.42 Å². The summed E-state index contributed by atoms with van der Waals surface area (Å²) in [5.41, 5.74) is 0.0747. The first-order chi connectivity index (χ1) is 8.99. The zero-order valence-corrected chi connectivity index (χ0v) is 11.9. The minimum absolute atomic E-state index is 0.128. The highest BCUT2D eigenvalue weighted by atomic mass is 79.9. The highest BCUT2D eigenvalue weighted by Gasteiger charge is 2.17. The average Bonchev–Trinajstić information content (AvgIpc) is 2.39. The van der Waals surface area contributed by atoms with E-state index in [9.17, 15) is 13.6 Å². The molecule has 0 fully saturated rings. The molecule has 0 atom stereocenters. The molecule has 98 valence electrons. The second-order valence-electron chi connectivity index (χ2n) is 3.93. The number of ketones is 1. The first-order valence-corrected chi connectivity index (χ1v) is 6.57. The van der Waals surface area contributed by atoms with Crippen LogP contribution in [0.2, 0.25) is 5.02 Å². The van der Waals surface area contributed by atoms with E-state index in [1.165, 1.54) is 12.1 Å². The molecule has 0 saturated heterocycles. The minimum Gasteiger partial charge on any atom is -0.294 e. The fourth-order valence-electron chi connectivity index (χ4n) is 1.66. The maximum absolute atomic E-state index is 13.8. The molecule has 2 aromatic rings. The molecule has 0 unspecified atom stereocenters. The molecule has 0 N–H and O–H groups in total. The molecule has 0 aliphatic heterocycles. The maximum Gasteiger partial charge on any atom is 0.167 e. The molecule has 2 rings (SSSR count). The van der Waals surface area contributed by atoms with Gasteiger partial charge in [-0.3, -0.25) is 4.79 Å². The third-order valence-corrected chi connectivity index (χ3v) is 3.47. The van der Waals surface area contributed by atoms with Gasteiger partial charge >= 0.3 is 0 Å². The van der Waals surface area contributed by atoms with E-state index in [-0.39, 0.29) is 16.5 Å². The summed E-state index contributed by atoms with van der Waals surface area (Å²) in [5, 5.41) is 0.404. The molecule has 0 aliphatic rings. The first kappa shape index (κ1) is 14.2. The van der Waals surface area contributed by atoms with E-state index in [4.69, 9.17) is 11.6 Å². The van der Waals surface area contributed by atoms with Gasteiger partial charge in [-0.1, -0.05) is 23.7 Å². The van der Waals surface area contributed by atoms with Crippen molar-refractivity contribution < 1.29 is 13.6 Å². The first-order valence-electron chi connectivity index (χ1n) is 5.40. The van der Waals surface area contributed by atoms with Crippen molar-refractivity contribution in [3.05, 3.63) is 68.7 Å². The van der Waals surface area contributed by atoms with E-state index in [2.05, 4.69) is 15.9 Å². The van der Waals surface area contributed by atoms with Crippen LogP contribution in [0, 0.1) is 11.6 Å². The van der Waals surface area contributed by atoms with Crippen LogP contribution in [-0.4, -0.2) is 5.78 Å². The van der Waals surface area contributed by atoms with E-state index in [0.717, 1.165) is 6.07 Å². The van der Waals surface area contributed by atoms with Gasteiger partial charge in [-0.25, -0.2) is 8.78 Å². The number of rotatable bonds is 3. The summed E-state index contributed by atoms with van der Waals surface area (Å²) in [6.07, 6.45) is -0.350. The van der Waals surface area contributed by atoms with Crippen LogP contribution in [0.3, 0.4) is 0 Å². The van der Waals surface area contributed by atoms with Crippen molar-refractivity contribution in [2.75, 3.05) is 0 Å². The van der Waals surface area contributed by atoms with Gasteiger partial charge < -0.3 is 0 Å². The SMILES string of the molecule is O=C(Cc1c(F)ccc(Br)c1F)c1cccc(Cl)c1. The lowest BCUT2D eigenvalue weighted by molar-refractivity contribution is 0.0990. The standard InChI is InChI=1S/C14H8BrClF2O/c15-11-4-5-12(17)10(14(11)18)7-13(19)8-2-1-3-9(16)6-8/h1-6H,7H2. The zero-order valence-electron chi connectivity index (χ0n) is 9.59. The summed E-state index contributed by atoms with van der Waals surface area (Å²) in [6.45, 7) is 0. The second kappa shape index (κ2) is 5.80. The fraction of sp³-hybridized carbons (Fsp3) is 0.0714. The minimum atomic E-state index is -0.754. The lowest BCUT2D eigenvalue weighted by Crippen LogP contribution is -2.07. The second-order valence-corrected chi connectivity index (χ2v) is 5.22. The molecule has 2 aromatic carbocycles. The van der Waals surface area contributed by atoms with Crippen molar-refractivity contribution in [3.63, 3.8) is 0 Å². The average molecular weight is 346 g/mol. The van der Waals surface area contributed by atoms with Crippen LogP contribution < -0.4 is 0 Å². The molecule has 0 radical (unpaired) electrons. The Morgan fingerprint density at radius 2 is 1.95 bits per heavy atom. The largest absolute Gasteiger partial charge is 0.294 e. The van der Waals surface area contributed by atoms with Crippen LogP contribution in [0.1, 0.15) is 15.9 Å². The van der Waals surface area contributed by atoms with Gasteiger partial charge in [-0.15, -0.1) is 0 Å². The van der Waals surface area contributed by atoms with Crippen molar-refractivity contribution in [3.8, 4) is 0 Å². The van der Waals surface area contributed by atoms with Gasteiger partial charge in [0, 0.05) is 22.6 Å². The lowest BCUT2D eigenvalue weighted by atomic mass is 10.0.